The van der Waals surface area contributed by atoms with E-state index >= 15 is 0 Å². The van der Waals surface area contributed by atoms with Crippen molar-refractivity contribution in [1.29, 1.82) is 0 Å². The van der Waals surface area contributed by atoms with Crippen LogP contribution >= 0.6 is 11.6 Å². The highest BCUT2D eigenvalue weighted by Gasteiger charge is 2.16. The average Bonchev–Trinajstić information content (AvgIpc) is 2.48. The van der Waals surface area contributed by atoms with Crippen LogP contribution in [-0.4, -0.2) is 62.3 Å². The van der Waals surface area contributed by atoms with Crippen LogP contribution in [0.1, 0.15) is 12.0 Å². The van der Waals surface area contributed by atoms with E-state index in [4.69, 9.17) is 16.3 Å². The molecule has 0 N–H and O–H groups in total. The fourth-order valence-electron chi connectivity index (χ4n) is 2.58. The number of nitrogens with zero attached hydrogens (tertiary/aromatic N) is 2. The normalized spacial score (nSPS) is 17.1. The van der Waals surface area contributed by atoms with Gasteiger partial charge in [-0.25, -0.2) is 0 Å². The lowest BCUT2D eigenvalue weighted by atomic mass is 10.2. The molecule has 0 amide bonds. The lowest BCUT2D eigenvalue weighted by molar-refractivity contribution is 0.114. The first kappa shape index (κ1) is 16.5. The van der Waals surface area contributed by atoms with Gasteiger partial charge in [0.15, 0.2) is 0 Å². The molecule has 2 rings (SSSR count). The number of hydrogen-bond acceptors (Lipinski definition) is 3. The Morgan fingerprint density at radius 3 is 2.43 bits per heavy atom. The largest absolute Gasteiger partial charge is 0.492 e. The molecule has 0 spiro atoms. The summed E-state index contributed by atoms with van der Waals surface area (Å²) in [6.07, 6.45) is 0.652. The summed E-state index contributed by atoms with van der Waals surface area (Å²) in [6, 6.07) is 5.70. The number of rotatable bonds is 7. The highest BCUT2D eigenvalue weighted by Crippen LogP contribution is 2.21. The summed E-state index contributed by atoms with van der Waals surface area (Å²) in [5.74, 6) is 0.904. The fraction of sp³-hybridized carbons (Fsp3) is 0.625. The molecule has 0 saturated carbocycles. The first-order valence-corrected chi connectivity index (χ1v) is 7.96. The van der Waals surface area contributed by atoms with Gasteiger partial charge in [-0.15, -0.1) is 0 Å². The zero-order chi connectivity index (χ0) is 15.1. The van der Waals surface area contributed by atoms with E-state index in [0.29, 0.717) is 13.0 Å². The summed E-state index contributed by atoms with van der Waals surface area (Å²) >= 11 is 5.93. The molecule has 5 heteroatoms. The van der Waals surface area contributed by atoms with E-state index in [1.807, 2.05) is 25.1 Å². The molecule has 0 aliphatic carbocycles. The van der Waals surface area contributed by atoms with Crippen molar-refractivity contribution in [2.24, 2.45) is 0 Å². The Morgan fingerprint density at radius 1 is 1.14 bits per heavy atom. The topological polar surface area (TPSA) is 15.7 Å². The van der Waals surface area contributed by atoms with Gasteiger partial charge in [0.1, 0.15) is 12.4 Å². The molecule has 1 fully saturated rings. The first-order valence-electron chi connectivity index (χ1n) is 7.58. The van der Waals surface area contributed by atoms with E-state index in [0.717, 1.165) is 55.6 Å². The number of piperazine rings is 1. The lowest BCUT2D eigenvalue weighted by Crippen LogP contribution is -2.47. The molecule has 0 radical (unpaired) electrons. The number of benzene rings is 1. The second-order valence-corrected chi connectivity index (χ2v) is 5.92. The zero-order valence-electron chi connectivity index (χ0n) is 12.7. The summed E-state index contributed by atoms with van der Waals surface area (Å²) < 4.78 is 18.0. The van der Waals surface area contributed by atoms with Crippen molar-refractivity contribution >= 4 is 11.6 Å². The van der Waals surface area contributed by atoms with Gasteiger partial charge in [0.25, 0.3) is 0 Å². The Balaban J connectivity index is 1.66. The molecular formula is C16H24ClFN2O. The maximum absolute atomic E-state index is 12.1. The molecule has 118 valence electrons. The predicted octanol–water partition coefficient (Wildman–Crippen LogP) is 3.00. The zero-order valence-corrected chi connectivity index (χ0v) is 13.4. The molecule has 1 saturated heterocycles. The van der Waals surface area contributed by atoms with Gasteiger partial charge in [0.2, 0.25) is 0 Å². The Morgan fingerprint density at radius 2 is 1.81 bits per heavy atom. The Hall–Kier alpha value is -0.840. The van der Waals surface area contributed by atoms with Gasteiger partial charge in [0, 0.05) is 44.3 Å². The van der Waals surface area contributed by atoms with Crippen LogP contribution in [0.2, 0.25) is 5.02 Å². The number of alkyl halides is 1. The molecule has 0 unspecified atom stereocenters. The predicted molar refractivity (Wildman–Crippen MR) is 85.2 cm³/mol. The molecule has 1 aliphatic heterocycles. The monoisotopic (exact) mass is 314 g/mol. The SMILES string of the molecule is Cc1cc(Cl)ccc1OCCN1CCN(CCCF)CC1. The van der Waals surface area contributed by atoms with Crippen LogP contribution in [0.25, 0.3) is 0 Å². The van der Waals surface area contributed by atoms with E-state index in [2.05, 4.69) is 9.80 Å². The van der Waals surface area contributed by atoms with Crippen molar-refractivity contribution in [3.05, 3.63) is 28.8 Å². The molecule has 1 aliphatic rings. The van der Waals surface area contributed by atoms with E-state index in [9.17, 15) is 4.39 Å². The van der Waals surface area contributed by atoms with Gasteiger partial charge >= 0.3 is 0 Å². The van der Waals surface area contributed by atoms with Gasteiger partial charge in [-0.1, -0.05) is 11.6 Å². The number of ether oxygens (including phenoxy) is 1. The highest BCUT2D eigenvalue weighted by molar-refractivity contribution is 6.30. The molecule has 1 aromatic carbocycles. The smallest absolute Gasteiger partial charge is 0.122 e. The van der Waals surface area contributed by atoms with Crippen molar-refractivity contribution in [2.45, 2.75) is 13.3 Å². The van der Waals surface area contributed by atoms with Gasteiger partial charge in [-0.05, 0) is 37.1 Å². The highest BCUT2D eigenvalue weighted by atomic mass is 35.5. The maximum atomic E-state index is 12.1. The summed E-state index contributed by atoms with van der Waals surface area (Å²) in [5, 5.41) is 0.740. The molecule has 21 heavy (non-hydrogen) atoms. The van der Waals surface area contributed by atoms with E-state index in [-0.39, 0.29) is 6.67 Å². The van der Waals surface area contributed by atoms with Crippen LogP contribution in [0.4, 0.5) is 4.39 Å². The van der Waals surface area contributed by atoms with Gasteiger partial charge < -0.3 is 9.64 Å². The molecule has 0 bridgehead atoms. The summed E-state index contributed by atoms with van der Waals surface area (Å²) in [6.45, 7) is 8.42. The lowest BCUT2D eigenvalue weighted by Gasteiger charge is -2.34. The molecule has 1 heterocycles. The number of halogens is 2. The molecule has 0 aromatic heterocycles. The summed E-state index contributed by atoms with van der Waals surface area (Å²) in [4.78, 5) is 4.73. The third kappa shape index (κ3) is 5.46. The van der Waals surface area contributed by atoms with Gasteiger partial charge in [-0.2, -0.15) is 0 Å². The second-order valence-electron chi connectivity index (χ2n) is 5.48. The standard InChI is InChI=1S/C16H24ClFN2O/c1-14-13-15(17)3-4-16(14)21-12-11-20-9-7-19(8-10-20)6-2-5-18/h3-4,13H,2,5-12H2,1H3. The minimum atomic E-state index is -0.214. The molecular weight excluding hydrogens is 291 g/mol. The Bertz CT molecular complexity index is 436. The van der Waals surface area contributed by atoms with E-state index in [1.165, 1.54) is 0 Å². The molecule has 0 atom stereocenters. The Kier molecular flexibility index (Phi) is 6.74. The van der Waals surface area contributed by atoms with Crippen molar-refractivity contribution in [2.75, 3.05) is 52.6 Å². The fourth-order valence-corrected chi connectivity index (χ4v) is 2.81. The maximum Gasteiger partial charge on any atom is 0.122 e. The minimum absolute atomic E-state index is 0.214. The van der Waals surface area contributed by atoms with Crippen LogP contribution in [-0.2, 0) is 0 Å². The van der Waals surface area contributed by atoms with Crippen molar-refractivity contribution < 1.29 is 9.13 Å². The van der Waals surface area contributed by atoms with E-state index in [1.54, 1.807) is 0 Å². The summed E-state index contributed by atoms with van der Waals surface area (Å²) in [5.41, 5.74) is 1.07. The van der Waals surface area contributed by atoms with Crippen molar-refractivity contribution in [1.82, 2.24) is 9.80 Å². The second kappa shape index (κ2) is 8.57. The first-order chi connectivity index (χ1) is 10.2. The van der Waals surface area contributed by atoms with Crippen LogP contribution in [0.3, 0.4) is 0 Å². The Labute approximate surface area is 131 Å². The van der Waals surface area contributed by atoms with Gasteiger partial charge in [0.05, 0.1) is 6.67 Å². The van der Waals surface area contributed by atoms with Crippen LogP contribution in [0.15, 0.2) is 18.2 Å². The summed E-state index contributed by atoms with van der Waals surface area (Å²) in [7, 11) is 0. The van der Waals surface area contributed by atoms with Gasteiger partial charge in [-0.3, -0.25) is 9.29 Å². The third-order valence-electron chi connectivity index (χ3n) is 3.87. The quantitative estimate of drug-likeness (QED) is 0.769. The minimum Gasteiger partial charge on any atom is -0.492 e. The average molecular weight is 315 g/mol. The molecule has 1 aromatic rings. The number of aryl methyl sites for hydroxylation is 1. The third-order valence-corrected chi connectivity index (χ3v) is 4.11. The van der Waals surface area contributed by atoms with Crippen LogP contribution in [0.5, 0.6) is 5.75 Å². The molecule has 3 nitrogen and oxygen atoms in total. The van der Waals surface area contributed by atoms with E-state index < -0.39 is 0 Å². The van der Waals surface area contributed by atoms with Crippen LogP contribution in [0, 0.1) is 6.92 Å². The van der Waals surface area contributed by atoms with Crippen molar-refractivity contribution in [3.8, 4) is 5.75 Å². The van der Waals surface area contributed by atoms with Crippen molar-refractivity contribution in [3.63, 3.8) is 0 Å². The number of hydrogen-bond donors (Lipinski definition) is 0. The van der Waals surface area contributed by atoms with Crippen LogP contribution < -0.4 is 4.74 Å².